The van der Waals surface area contributed by atoms with Crippen LogP contribution in [0, 0.1) is 3.70 Å². The third kappa shape index (κ3) is 1.82. The minimum atomic E-state index is 0.717. The van der Waals surface area contributed by atoms with E-state index in [0.717, 1.165) is 20.3 Å². The number of nitrogens with zero attached hydrogens (tertiary/aromatic N) is 1. The van der Waals surface area contributed by atoms with E-state index < -0.39 is 0 Å². The SMILES string of the molecule is Nc1cnc(I)c(CBr)c1. The Hall–Kier alpha value is 0.160. The first-order chi connectivity index (χ1) is 4.74. The van der Waals surface area contributed by atoms with Crippen LogP contribution in [0.2, 0.25) is 0 Å². The fraction of sp³-hybridized carbons (Fsp3) is 0.167. The van der Waals surface area contributed by atoms with E-state index in [-0.39, 0.29) is 0 Å². The predicted molar refractivity (Wildman–Crippen MR) is 54.0 cm³/mol. The fourth-order valence-electron chi connectivity index (χ4n) is 0.606. The molecule has 10 heavy (non-hydrogen) atoms. The van der Waals surface area contributed by atoms with Gasteiger partial charge in [-0.05, 0) is 34.2 Å². The Balaban J connectivity index is 3.09. The number of alkyl halides is 1. The van der Waals surface area contributed by atoms with E-state index in [2.05, 4.69) is 43.5 Å². The van der Waals surface area contributed by atoms with Gasteiger partial charge in [-0.1, -0.05) is 15.9 Å². The van der Waals surface area contributed by atoms with Gasteiger partial charge in [0.2, 0.25) is 0 Å². The van der Waals surface area contributed by atoms with Gasteiger partial charge in [0.1, 0.15) is 3.70 Å². The summed E-state index contributed by atoms with van der Waals surface area (Å²) in [6, 6.07) is 1.92. The van der Waals surface area contributed by atoms with Gasteiger partial charge >= 0.3 is 0 Å². The van der Waals surface area contributed by atoms with Crippen LogP contribution >= 0.6 is 38.5 Å². The van der Waals surface area contributed by atoms with E-state index in [1.54, 1.807) is 6.20 Å². The third-order valence-corrected chi connectivity index (χ3v) is 2.65. The summed E-state index contributed by atoms with van der Waals surface area (Å²) in [5.74, 6) is 0. The fourth-order valence-corrected chi connectivity index (χ4v) is 2.04. The zero-order valence-corrected chi connectivity index (χ0v) is 8.89. The summed E-state index contributed by atoms with van der Waals surface area (Å²) >= 11 is 5.52. The Morgan fingerprint density at radius 3 is 2.90 bits per heavy atom. The van der Waals surface area contributed by atoms with E-state index in [1.807, 2.05) is 6.07 Å². The molecule has 0 saturated heterocycles. The summed E-state index contributed by atoms with van der Waals surface area (Å²) in [7, 11) is 0. The minimum absolute atomic E-state index is 0.717. The van der Waals surface area contributed by atoms with Crippen LogP contribution in [-0.2, 0) is 5.33 Å². The molecule has 1 heterocycles. The normalized spacial score (nSPS) is 9.80. The van der Waals surface area contributed by atoms with E-state index in [4.69, 9.17) is 5.73 Å². The number of pyridine rings is 1. The van der Waals surface area contributed by atoms with Crippen LogP contribution in [0.25, 0.3) is 0 Å². The average molecular weight is 313 g/mol. The number of nitrogens with two attached hydrogens (primary N) is 1. The number of nitrogen functional groups attached to an aromatic ring is 1. The van der Waals surface area contributed by atoms with Gasteiger partial charge < -0.3 is 5.73 Å². The maximum atomic E-state index is 5.52. The monoisotopic (exact) mass is 312 g/mol. The molecule has 2 N–H and O–H groups in total. The lowest BCUT2D eigenvalue weighted by molar-refractivity contribution is 1.21. The molecule has 1 aromatic heterocycles. The topological polar surface area (TPSA) is 38.9 Å². The van der Waals surface area contributed by atoms with Gasteiger partial charge in [-0.2, -0.15) is 0 Å². The van der Waals surface area contributed by atoms with Crippen molar-refractivity contribution in [2.45, 2.75) is 5.33 Å². The first kappa shape index (κ1) is 8.26. The van der Waals surface area contributed by atoms with Crippen LogP contribution in [-0.4, -0.2) is 4.98 Å². The van der Waals surface area contributed by atoms with Crippen LogP contribution in [0.15, 0.2) is 12.3 Å². The number of hydrogen-bond acceptors (Lipinski definition) is 2. The molecule has 4 heteroatoms. The van der Waals surface area contributed by atoms with Gasteiger partial charge in [-0.15, -0.1) is 0 Å². The van der Waals surface area contributed by atoms with Crippen molar-refractivity contribution in [1.29, 1.82) is 0 Å². The van der Waals surface area contributed by atoms with E-state index in [1.165, 1.54) is 0 Å². The molecule has 0 unspecified atom stereocenters. The van der Waals surface area contributed by atoms with Crippen molar-refractivity contribution in [2.24, 2.45) is 0 Å². The summed E-state index contributed by atoms with van der Waals surface area (Å²) in [6.07, 6.45) is 1.66. The highest BCUT2D eigenvalue weighted by atomic mass is 127. The molecular weight excluding hydrogens is 307 g/mol. The maximum absolute atomic E-state index is 5.52. The van der Waals surface area contributed by atoms with Crippen molar-refractivity contribution < 1.29 is 0 Å². The maximum Gasteiger partial charge on any atom is 0.105 e. The van der Waals surface area contributed by atoms with E-state index in [0.29, 0.717) is 0 Å². The van der Waals surface area contributed by atoms with Gasteiger partial charge in [0.25, 0.3) is 0 Å². The lowest BCUT2D eigenvalue weighted by Gasteiger charge is -1.98. The largest absolute Gasteiger partial charge is 0.397 e. The first-order valence-corrected chi connectivity index (χ1v) is 4.90. The summed E-state index contributed by atoms with van der Waals surface area (Å²) in [5, 5.41) is 0.809. The van der Waals surface area contributed by atoms with Crippen molar-refractivity contribution in [2.75, 3.05) is 5.73 Å². The summed E-state index contributed by atoms with van der Waals surface area (Å²) in [5.41, 5.74) is 7.37. The molecule has 1 rings (SSSR count). The first-order valence-electron chi connectivity index (χ1n) is 2.70. The van der Waals surface area contributed by atoms with Gasteiger partial charge in [0.05, 0.1) is 11.9 Å². The second-order valence-corrected chi connectivity index (χ2v) is 3.43. The summed E-state index contributed by atoms with van der Waals surface area (Å²) in [4.78, 5) is 4.08. The number of rotatable bonds is 1. The minimum Gasteiger partial charge on any atom is -0.397 e. The van der Waals surface area contributed by atoms with Crippen LogP contribution in [0.1, 0.15) is 5.56 Å². The molecule has 0 bridgehead atoms. The molecule has 1 aromatic rings. The number of anilines is 1. The van der Waals surface area contributed by atoms with Gasteiger partial charge in [0.15, 0.2) is 0 Å². The molecule has 0 aliphatic carbocycles. The molecule has 0 aliphatic heterocycles. The lowest BCUT2D eigenvalue weighted by Crippen LogP contribution is -1.92. The molecule has 2 nitrogen and oxygen atoms in total. The highest BCUT2D eigenvalue weighted by Crippen LogP contribution is 2.14. The molecule has 0 atom stereocenters. The quantitative estimate of drug-likeness (QED) is 0.490. The van der Waals surface area contributed by atoms with Crippen LogP contribution in [0.4, 0.5) is 5.69 Å². The Labute approximate surface area is 81.5 Å². The number of halogens is 2. The summed E-state index contributed by atoms with van der Waals surface area (Å²) in [6.45, 7) is 0. The molecule has 0 amide bonds. The van der Waals surface area contributed by atoms with Crippen molar-refractivity contribution in [3.05, 3.63) is 21.5 Å². The average Bonchev–Trinajstić information content (AvgIpc) is 1.94. The smallest absolute Gasteiger partial charge is 0.105 e. The van der Waals surface area contributed by atoms with E-state index >= 15 is 0 Å². The molecule has 54 valence electrons. The van der Waals surface area contributed by atoms with Gasteiger partial charge in [-0.25, -0.2) is 4.98 Å². The number of hydrogen-bond donors (Lipinski definition) is 1. The van der Waals surface area contributed by atoms with Crippen LogP contribution in [0.3, 0.4) is 0 Å². The number of aromatic nitrogens is 1. The molecule has 0 aliphatic rings. The van der Waals surface area contributed by atoms with Crippen LogP contribution in [0.5, 0.6) is 0 Å². The molecule has 0 aromatic carbocycles. The third-order valence-electron chi connectivity index (χ3n) is 1.08. The summed E-state index contributed by atoms with van der Waals surface area (Å²) < 4.78 is 1.00. The molecule has 0 spiro atoms. The lowest BCUT2D eigenvalue weighted by atomic mass is 10.3. The molecular formula is C6H6BrIN2. The van der Waals surface area contributed by atoms with Crippen molar-refractivity contribution in [1.82, 2.24) is 4.98 Å². The standard InChI is InChI=1S/C6H6BrIN2/c7-2-4-1-5(9)3-10-6(4)8/h1,3H,2,9H2. The van der Waals surface area contributed by atoms with Gasteiger partial charge in [-0.3, -0.25) is 0 Å². The Bertz CT molecular complexity index is 239. The highest BCUT2D eigenvalue weighted by molar-refractivity contribution is 14.1. The highest BCUT2D eigenvalue weighted by Gasteiger charge is 1.97. The Morgan fingerprint density at radius 1 is 1.70 bits per heavy atom. The Morgan fingerprint density at radius 2 is 2.40 bits per heavy atom. The molecule has 0 saturated carbocycles. The molecule has 0 radical (unpaired) electrons. The van der Waals surface area contributed by atoms with Crippen molar-refractivity contribution in [3.63, 3.8) is 0 Å². The zero-order chi connectivity index (χ0) is 7.56. The zero-order valence-electron chi connectivity index (χ0n) is 5.14. The second-order valence-electron chi connectivity index (χ2n) is 1.85. The van der Waals surface area contributed by atoms with Gasteiger partial charge in [0, 0.05) is 5.33 Å². The molecule has 0 fully saturated rings. The predicted octanol–water partition coefficient (Wildman–Crippen LogP) is 2.16. The van der Waals surface area contributed by atoms with E-state index in [9.17, 15) is 0 Å². The second kappa shape index (κ2) is 3.52. The van der Waals surface area contributed by atoms with Crippen molar-refractivity contribution >= 4 is 44.2 Å². The Kier molecular flexibility index (Phi) is 2.91. The van der Waals surface area contributed by atoms with Crippen LogP contribution < -0.4 is 5.73 Å². The van der Waals surface area contributed by atoms with Crippen molar-refractivity contribution in [3.8, 4) is 0 Å².